The number of hydrogen-bond acceptors (Lipinski definition) is 10. The molecule has 0 unspecified atom stereocenters. The molecule has 10 nitrogen and oxygen atoms in total. The molecule has 3 aromatic heterocycles. The van der Waals surface area contributed by atoms with Crippen molar-refractivity contribution < 1.29 is 14.7 Å². The molecule has 4 aromatic rings. The van der Waals surface area contributed by atoms with E-state index < -0.39 is 5.91 Å². The van der Waals surface area contributed by atoms with E-state index in [1.54, 1.807) is 23.9 Å². The summed E-state index contributed by atoms with van der Waals surface area (Å²) < 4.78 is 7.43. The van der Waals surface area contributed by atoms with Crippen molar-refractivity contribution in [3.8, 4) is 16.2 Å². The second kappa shape index (κ2) is 10.6. The number of nitrogen functional groups attached to an aromatic ring is 1. The summed E-state index contributed by atoms with van der Waals surface area (Å²) >= 11 is 3.17. The Balaban J connectivity index is 1.64. The molecule has 1 aromatic carbocycles. The zero-order valence-electron chi connectivity index (χ0n) is 17.8. The molecule has 172 valence electrons. The molecule has 1 amide bonds. The number of anilines is 1. The largest absolute Gasteiger partial charge is 0.497 e. The SMILES string of the molecule is COc1ccc(-c2cccs2)c(Sc2nc3c(N)ncnc3n2CCNCCC(=O)NO)c1. The lowest BCUT2D eigenvalue weighted by atomic mass is 10.2. The number of hydrogen-bond donors (Lipinski definition) is 4. The number of carbonyl (C=O) groups is 1. The predicted octanol–water partition coefficient (Wildman–Crippen LogP) is 2.78. The lowest BCUT2D eigenvalue weighted by Gasteiger charge is -2.12. The fourth-order valence-electron chi connectivity index (χ4n) is 3.23. The summed E-state index contributed by atoms with van der Waals surface area (Å²) in [4.78, 5) is 26.5. The van der Waals surface area contributed by atoms with Crippen molar-refractivity contribution in [2.75, 3.05) is 25.9 Å². The van der Waals surface area contributed by atoms with Gasteiger partial charge in [0.15, 0.2) is 22.1 Å². The summed E-state index contributed by atoms with van der Waals surface area (Å²) in [7, 11) is 1.64. The molecule has 4 rings (SSSR count). The number of rotatable bonds is 10. The van der Waals surface area contributed by atoms with Gasteiger partial charge in [0.2, 0.25) is 5.91 Å². The molecule has 3 heterocycles. The van der Waals surface area contributed by atoms with Crippen LogP contribution in [0.4, 0.5) is 5.82 Å². The Morgan fingerprint density at radius 1 is 1.30 bits per heavy atom. The third-order valence-corrected chi connectivity index (χ3v) is 6.82. The van der Waals surface area contributed by atoms with Crippen LogP contribution in [-0.4, -0.2) is 50.8 Å². The third-order valence-electron chi connectivity index (χ3n) is 4.87. The standard InChI is InChI=1S/C21H23N7O3S2/c1-31-13-4-5-14(15-3-2-10-32-15)16(11-13)33-21-26-18-19(22)24-12-25-20(18)28(21)9-8-23-7-6-17(29)27-30/h2-5,10-12,23,30H,6-9H2,1H3,(H,27,29)(H2,22,24,25). The highest BCUT2D eigenvalue weighted by molar-refractivity contribution is 7.99. The first-order valence-corrected chi connectivity index (χ1v) is 11.8. The van der Waals surface area contributed by atoms with Gasteiger partial charge in [-0.05, 0) is 29.6 Å². The number of nitrogens with two attached hydrogens (primary N) is 1. The third kappa shape index (κ3) is 5.25. The van der Waals surface area contributed by atoms with E-state index in [0.717, 1.165) is 26.2 Å². The van der Waals surface area contributed by atoms with E-state index in [2.05, 4.69) is 21.4 Å². The van der Waals surface area contributed by atoms with Crippen LogP contribution in [0.1, 0.15) is 6.42 Å². The van der Waals surface area contributed by atoms with Crippen LogP contribution in [0.15, 0.2) is 52.1 Å². The number of nitrogens with one attached hydrogen (secondary N) is 2. The van der Waals surface area contributed by atoms with Crippen molar-refractivity contribution in [1.82, 2.24) is 30.3 Å². The van der Waals surface area contributed by atoms with Crippen molar-refractivity contribution in [2.45, 2.75) is 23.0 Å². The van der Waals surface area contributed by atoms with Gasteiger partial charge in [-0.1, -0.05) is 17.8 Å². The molecule has 0 atom stereocenters. The number of carbonyl (C=O) groups excluding carboxylic acids is 1. The lowest BCUT2D eigenvalue weighted by Crippen LogP contribution is -2.27. The van der Waals surface area contributed by atoms with Crippen LogP contribution in [0.2, 0.25) is 0 Å². The van der Waals surface area contributed by atoms with E-state index >= 15 is 0 Å². The summed E-state index contributed by atoms with van der Waals surface area (Å²) in [5.74, 6) is 0.632. The maximum absolute atomic E-state index is 11.2. The van der Waals surface area contributed by atoms with Gasteiger partial charge in [-0.2, -0.15) is 0 Å². The Morgan fingerprint density at radius 2 is 2.18 bits per heavy atom. The number of hydroxylamine groups is 1. The van der Waals surface area contributed by atoms with E-state index in [9.17, 15) is 4.79 Å². The van der Waals surface area contributed by atoms with Gasteiger partial charge in [0, 0.05) is 41.4 Å². The molecule has 0 saturated heterocycles. The smallest absolute Gasteiger partial charge is 0.244 e. The highest BCUT2D eigenvalue weighted by atomic mass is 32.2. The maximum atomic E-state index is 11.2. The maximum Gasteiger partial charge on any atom is 0.244 e. The quantitative estimate of drug-likeness (QED) is 0.152. The molecule has 0 saturated carbocycles. The van der Waals surface area contributed by atoms with Crippen molar-refractivity contribution in [3.63, 3.8) is 0 Å². The second-order valence-corrected chi connectivity index (χ2v) is 8.91. The van der Waals surface area contributed by atoms with Crippen molar-refractivity contribution >= 4 is 46.0 Å². The molecule has 0 bridgehead atoms. The average molecular weight is 486 g/mol. The molecule has 0 radical (unpaired) electrons. The van der Waals surface area contributed by atoms with E-state index in [4.69, 9.17) is 20.7 Å². The molecule has 0 spiro atoms. The average Bonchev–Trinajstić information content (AvgIpc) is 3.48. The number of nitrogens with zero attached hydrogens (tertiary/aromatic N) is 4. The summed E-state index contributed by atoms with van der Waals surface area (Å²) in [6.45, 7) is 1.54. The molecule has 0 fully saturated rings. The van der Waals surface area contributed by atoms with Crippen LogP contribution < -0.4 is 21.3 Å². The van der Waals surface area contributed by atoms with E-state index in [1.165, 1.54) is 18.1 Å². The van der Waals surface area contributed by atoms with Gasteiger partial charge in [-0.15, -0.1) is 11.3 Å². The van der Waals surface area contributed by atoms with Gasteiger partial charge < -0.3 is 20.4 Å². The molecule has 0 aliphatic heterocycles. The lowest BCUT2D eigenvalue weighted by molar-refractivity contribution is -0.129. The van der Waals surface area contributed by atoms with Crippen LogP contribution in [0.25, 0.3) is 21.6 Å². The van der Waals surface area contributed by atoms with E-state index in [1.807, 2.05) is 34.2 Å². The van der Waals surface area contributed by atoms with Gasteiger partial charge in [-0.25, -0.2) is 20.4 Å². The van der Waals surface area contributed by atoms with Gasteiger partial charge in [0.25, 0.3) is 0 Å². The Hall–Kier alpha value is -3.19. The number of aromatic nitrogens is 4. The van der Waals surface area contributed by atoms with Gasteiger partial charge in [-0.3, -0.25) is 10.0 Å². The minimum atomic E-state index is -0.438. The summed E-state index contributed by atoms with van der Waals surface area (Å²) in [6, 6.07) is 10.1. The van der Waals surface area contributed by atoms with Crippen LogP contribution >= 0.6 is 23.1 Å². The van der Waals surface area contributed by atoms with Crippen LogP contribution in [0, 0.1) is 0 Å². The Bertz CT molecular complexity index is 1240. The van der Waals surface area contributed by atoms with E-state index in [0.29, 0.717) is 36.6 Å². The second-order valence-electron chi connectivity index (χ2n) is 6.95. The predicted molar refractivity (Wildman–Crippen MR) is 128 cm³/mol. The fourth-order valence-corrected chi connectivity index (χ4v) is 5.15. The molecule has 0 aliphatic rings. The van der Waals surface area contributed by atoms with Crippen molar-refractivity contribution in [2.24, 2.45) is 0 Å². The molecule has 5 N–H and O–H groups in total. The minimum Gasteiger partial charge on any atom is -0.497 e. The Kier molecular flexibility index (Phi) is 7.40. The van der Waals surface area contributed by atoms with Gasteiger partial charge in [0.1, 0.15) is 12.1 Å². The number of imidazole rings is 1. The van der Waals surface area contributed by atoms with Gasteiger partial charge in [0.05, 0.1) is 7.11 Å². The Morgan fingerprint density at radius 3 is 2.94 bits per heavy atom. The molecule has 0 aliphatic carbocycles. The first kappa shape index (κ1) is 23.0. The van der Waals surface area contributed by atoms with Crippen LogP contribution in [-0.2, 0) is 11.3 Å². The zero-order valence-corrected chi connectivity index (χ0v) is 19.4. The van der Waals surface area contributed by atoms with E-state index in [-0.39, 0.29) is 6.42 Å². The first-order valence-electron chi connectivity index (χ1n) is 10.1. The van der Waals surface area contributed by atoms with Crippen LogP contribution in [0.5, 0.6) is 5.75 Å². The highest BCUT2D eigenvalue weighted by Gasteiger charge is 2.18. The number of methoxy groups -OCH3 is 1. The fraction of sp³-hybridized carbons (Fsp3) is 0.238. The first-order chi connectivity index (χ1) is 16.1. The monoisotopic (exact) mass is 485 g/mol. The number of thiophene rings is 1. The molecule has 33 heavy (non-hydrogen) atoms. The number of benzene rings is 1. The summed E-state index contributed by atoms with van der Waals surface area (Å²) in [6.07, 6.45) is 1.60. The molecular formula is C21H23N7O3S2. The molecular weight excluding hydrogens is 462 g/mol. The normalized spacial score (nSPS) is 11.1. The number of amides is 1. The topological polar surface area (TPSA) is 140 Å². The molecule has 12 heteroatoms. The van der Waals surface area contributed by atoms with Crippen LogP contribution in [0.3, 0.4) is 0 Å². The minimum absolute atomic E-state index is 0.173. The van der Waals surface area contributed by atoms with Gasteiger partial charge >= 0.3 is 0 Å². The highest BCUT2D eigenvalue weighted by Crippen LogP contribution is 2.40. The number of ether oxygens (including phenoxy) is 1. The summed E-state index contributed by atoms with van der Waals surface area (Å²) in [5, 5.41) is 14.6. The van der Waals surface area contributed by atoms with Crippen molar-refractivity contribution in [1.29, 1.82) is 0 Å². The van der Waals surface area contributed by atoms with Crippen molar-refractivity contribution in [3.05, 3.63) is 42.0 Å². The zero-order chi connectivity index (χ0) is 23.2. The number of fused-ring (bicyclic) bond motifs is 1. The summed E-state index contributed by atoms with van der Waals surface area (Å²) in [5.41, 5.74) is 9.96. The Labute approximate surface area is 198 Å².